The zero-order chi connectivity index (χ0) is 22.1. The summed E-state index contributed by atoms with van der Waals surface area (Å²) in [6.45, 7) is 7.68. The molecule has 0 spiro atoms. The third-order valence-electron chi connectivity index (χ3n) is 6.37. The number of carbonyl (C=O) groups excluding carboxylic acids is 1. The number of hydrogen-bond donors (Lipinski definition) is 1. The average molecular weight is 423 g/mol. The zero-order valence-corrected chi connectivity index (χ0v) is 18.6. The lowest BCUT2D eigenvalue weighted by atomic mass is 9.90. The fourth-order valence-electron chi connectivity index (χ4n) is 4.54. The molecule has 1 aliphatic rings. The molecule has 1 aliphatic heterocycles. The van der Waals surface area contributed by atoms with Gasteiger partial charge in [0, 0.05) is 50.0 Å². The van der Waals surface area contributed by atoms with Gasteiger partial charge in [0.05, 0.1) is 17.8 Å². The molecule has 7 nitrogen and oxygen atoms in total. The van der Waals surface area contributed by atoms with Crippen LogP contribution >= 0.6 is 0 Å². The van der Waals surface area contributed by atoms with E-state index >= 15 is 0 Å². The van der Waals surface area contributed by atoms with Crippen molar-refractivity contribution in [3.63, 3.8) is 0 Å². The van der Waals surface area contributed by atoms with Gasteiger partial charge in [0.1, 0.15) is 17.5 Å². The Kier molecular flexibility index (Phi) is 5.96. The Morgan fingerprint density at radius 1 is 1.32 bits per heavy atom. The van der Waals surface area contributed by atoms with Gasteiger partial charge in [0.2, 0.25) is 0 Å². The molecule has 31 heavy (non-hydrogen) atoms. The number of nitrogens with zero attached hydrogens (tertiary/aromatic N) is 4. The minimum Gasteiger partial charge on any atom is -0.462 e. The summed E-state index contributed by atoms with van der Waals surface area (Å²) in [5.41, 5.74) is 4.50. The molecule has 0 saturated carbocycles. The van der Waals surface area contributed by atoms with Crippen molar-refractivity contribution in [3.05, 3.63) is 53.2 Å². The van der Waals surface area contributed by atoms with Gasteiger partial charge < -0.3 is 19.3 Å². The second-order valence-corrected chi connectivity index (χ2v) is 8.33. The first-order valence-corrected chi connectivity index (χ1v) is 10.9. The monoisotopic (exact) mass is 422 g/mol. The van der Waals surface area contributed by atoms with Crippen molar-refractivity contribution in [1.29, 1.82) is 0 Å². The summed E-state index contributed by atoms with van der Waals surface area (Å²) in [5, 5.41) is 12.0. The molecule has 1 fully saturated rings. The number of piperidine rings is 1. The maximum Gasteiger partial charge on any atom is 0.341 e. The molecule has 0 amide bonds. The molecule has 2 unspecified atom stereocenters. The zero-order valence-electron chi connectivity index (χ0n) is 18.6. The summed E-state index contributed by atoms with van der Waals surface area (Å²) in [7, 11) is 1.90. The summed E-state index contributed by atoms with van der Waals surface area (Å²) < 4.78 is 7.21. The Morgan fingerprint density at radius 2 is 2.13 bits per heavy atom. The Bertz CT molecular complexity index is 1110. The minimum atomic E-state index is -0.661. The van der Waals surface area contributed by atoms with Gasteiger partial charge in [-0.1, -0.05) is 12.1 Å². The van der Waals surface area contributed by atoms with Crippen LogP contribution in [-0.4, -0.2) is 45.3 Å². The lowest BCUT2D eigenvalue weighted by Gasteiger charge is -2.37. The molecule has 0 aliphatic carbocycles. The highest BCUT2D eigenvalue weighted by Crippen LogP contribution is 2.37. The highest BCUT2D eigenvalue weighted by molar-refractivity contribution is 6.06. The first-order chi connectivity index (χ1) is 14.9. The van der Waals surface area contributed by atoms with Gasteiger partial charge in [-0.05, 0) is 44.7 Å². The van der Waals surface area contributed by atoms with Crippen molar-refractivity contribution >= 4 is 22.6 Å². The van der Waals surface area contributed by atoms with Crippen LogP contribution in [0.15, 0.2) is 30.7 Å². The van der Waals surface area contributed by atoms with E-state index in [0.29, 0.717) is 24.5 Å². The van der Waals surface area contributed by atoms with Crippen molar-refractivity contribution in [1.82, 2.24) is 14.5 Å². The average Bonchev–Trinajstić information content (AvgIpc) is 3.21. The predicted molar refractivity (Wildman–Crippen MR) is 120 cm³/mol. The van der Waals surface area contributed by atoms with Gasteiger partial charge in [-0.3, -0.25) is 4.98 Å². The molecule has 3 heterocycles. The van der Waals surface area contributed by atoms with Crippen LogP contribution in [0.2, 0.25) is 0 Å². The lowest BCUT2D eigenvalue weighted by molar-refractivity contribution is 0.0526. The fourth-order valence-corrected chi connectivity index (χ4v) is 4.54. The van der Waals surface area contributed by atoms with E-state index in [1.165, 1.54) is 0 Å². The molecule has 0 radical (unpaired) electrons. The molecular weight excluding hydrogens is 392 g/mol. The Hall–Kier alpha value is -2.93. The van der Waals surface area contributed by atoms with Gasteiger partial charge in [-0.2, -0.15) is 0 Å². The Labute approximate surface area is 182 Å². The number of rotatable bonds is 5. The minimum absolute atomic E-state index is 0.0136. The number of benzene rings is 1. The van der Waals surface area contributed by atoms with E-state index in [1.54, 1.807) is 19.3 Å². The number of fused-ring (bicyclic) bond motifs is 1. The molecule has 2 aromatic heterocycles. The highest BCUT2D eigenvalue weighted by Gasteiger charge is 2.32. The second-order valence-electron chi connectivity index (χ2n) is 8.33. The van der Waals surface area contributed by atoms with E-state index in [2.05, 4.69) is 34.8 Å². The number of imidazole rings is 1. The van der Waals surface area contributed by atoms with Gasteiger partial charge in [-0.15, -0.1) is 0 Å². The van der Waals surface area contributed by atoms with E-state index in [0.717, 1.165) is 47.1 Å². The maximum absolute atomic E-state index is 12.8. The highest BCUT2D eigenvalue weighted by atomic mass is 16.5. The van der Waals surface area contributed by atoms with Crippen LogP contribution in [0.4, 0.5) is 5.69 Å². The Morgan fingerprint density at radius 3 is 2.84 bits per heavy atom. The molecule has 3 aromatic rings. The summed E-state index contributed by atoms with van der Waals surface area (Å²) in [4.78, 5) is 24.0. The van der Waals surface area contributed by atoms with Crippen molar-refractivity contribution in [2.45, 2.75) is 39.7 Å². The number of esters is 1. The van der Waals surface area contributed by atoms with Gasteiger partial charge in [0.25, 0.3) is 0 Å². The summed E-state index contributed by atoms with van der Waals surface area (Å²) in [6.07, 6.45) is 6.36. The van der Waals surface area contributed by atoms with E-state index < -0.39 is 6.10 Å². The fraction of sp³-hybridized carbons (Fsp3) is 0.458. The van der Waals surface area contributed by atoms with E-state index in [-0.39, 0.29) is 11.9 Å². The first-order valence-electron chi connectivity index (χ1n) is 10.9. The number of hydrogen-bond acceptors (Lipinski definition) is 6. The SMILES string of the molecule is CCOC(=O)c1cnc2c(C)c(C)ccc2c1N1CCCC(C(O)c2nccn2C)C1. The normalized spacial score (nSPS) is 17.7. The quantitative estimate of drug-likeness (QED) is 0.632. The third-order valence-corrected chi connectivity index (χ3v) is 6.37. The molecule has 1 saturated heterocycles. The largest absolute Gasteiger partial charge is 0.462 e. The third kappa shape index (κ3) is 3.90. The smallest absolute Gasteiger partial charge is 0.341 e. The van der Waals surface area contributed by atoms with Crippen molar-refractivity contribution in [2.24, 2.45) is 13.0 Å². The van der Waals surface area contributed by atoms with Crippen LogP contribution in [0.3, 0.4) is 0 Å². The lowest BCUT2D eigenvalue weighted by Crippen LogP contribution is -2.39. The predicted octanol–water partition coefficient (Wildman–Crippen LogP) is 3.71. The molecule has 0 bridgehead atoms. The molecule has 164 valence electrons. The number of ether oxygens (including phenoxy) is 1. The van der Waals surface area contributed by atoms with Gasteiger partial charge in [-0.25, -0.2) is 9.78 Å². The maximum atomic E-state index is 12.8. The van der Waals surface area contributed by atoms with Crippen molar-refractivity contribution < 1.29 is 14.6 Å². The number of anilines is 1. The number of carbonyl (C=O) groups is 1. The molecule has 1 aromatic carbocycles. The Balaban J connectivity index is 1.77. The standard InChI is InChI=1S/C24H30N4O3/c1-5-31-24(30)19-13-26-20-16(3)15(2)8-9-18(20)21(19)28-11-6-7-17(14-28)22(29)23-25-10-12-27(23)4/h8-10,12-13,17,22,29H,5-7,11,14H2,1-4H3. The number of aliphatic hydroxyl groups is 1. The van der Waals surface area contributed by atoms with Crippen molar-refractivity contribution in [2.75, 3.05) is 24.6 Å². The number of aliphatic hydroxyl groups excluding tert-OH is 1. The van der Waals surface area contributed by atoms with E-state index in [4.69, 9.17) is 4.74 Å². The summed E-state index contributed by atoms with van der Waals surface area (Å²) in [6, 6.07) is 4.11. The topological polar surface area (TPSA) is 80.5 Å². The van der Waals surface area contributed by atoms with E-state index in [1.807, 2.05) is 23.9 Å². The van der Waals surface area contributed by atoms with Crippen LogP contribution in [-0.2, 0) is 11.8 Å². The first kappa shape index (κ1) is 21.3. The van der Waals surface area contributed by atoms with Crippen LogP contribution < -0.4 is 4.90 Å². The van der Waals surface area contributed by atoms with E-state index in [9.17, 15) is 9.90 Å². The summed E-state index contributed by atoms with van der Waals surface area (Å²) >= 11 is 0. The second kappa shape index (κ2) is 8.67. The van der Waals surface area contributed by atoms with Crippen LogP contribution in [0.25, 0.3) is 10.9 Å². The number of pyridine rings is 1. The molecular formula is C24H30N4O3. The van der Waals surface area contributed by atoms with Crippen LogP contribution in [0, 0.1) is 19.8 Å². The number of aromatic nitrogens is 3. The number of aryl methyl sites for hydroxylation is 3. The van der Waals surface area contributed by atoms with Crippen LogP contribution in [0.5, 0.6) is 0 Å². The van der Waals surface area contributed by atoms with Crippen LogP contribution in [0.1, 0.15) is 53.2 Å². The molecule has 7 heteroatoms. The molecule has 4 rings (SSSR count). The summed E-state index contributed by atoms with van der Waals surface area (Å²) in [5.74, 6) is 0.320. The van der Waals surface area contributed by atoms with Crippen molar-refractivity contribution in [3.8, 4) is 0 Å². The molecule has 2 atom stereocenters. The van der Waals surface area contributed by atoms with Gasteiger partial charge in [0.15, 0.2) is 0 Å². The van der Waals surface area contributed by atoms with Gasteiger partial charge >= 0.3 is 5.97 Å². The molecule has 1 N–H and O–H groups in total.